The number of benzene rings is 1. The SMILES string of the molecule is O=C(CN1CCNCC1)Nc1cc(F)c(Br)cc1F. The third kappa shape index (κ3) is 3.95. The van der Waals surface area contributed by atoms with Gasteiger partial charge in [0.25, 0.3) is 0 Å². The molecule has 1 heterocycles. The van der Waals surface area contributed by atoms with Crippen molar-refractivity contribution in [1.29, 1.82) is 0 Å². The molecule has 0 aliphatic carbocycles. The molecule has 0 atom stereocenters. The fourth-order valence-electron chi connectivity index (χ4n) is 1.88. The van der Waals surface area contributed by atoms with Crippen molar-refractivity contribution in [3.8, 4) is 0 Å². The molecule has 19 heavy (non-hydrogen) atoms. The third-order valence-corrected chi connectivity index (χ3v) is 3.47. The normalized spacial score (nSPS) is 16.4. The summed E-state index contributed by atoms with van der Waals surface area (Å²) < 4.78 is 26.9. The molecule has 1 fully saturated rings. The Morgan fingerprint density at radius 1 is 1.32 bits per heavy atom. The first kappa shape index (κ1) is 14.4. The van der Waals surface area contributed by atoms with Crippen LogP contribution in [0, 0.1) is 11.6 Å². The van der Waals surface area contributed by atoms with Gasteiger partial charge in [0.05, 0.1) is 16.7 Å². The number of piperazine rings is 1. The molecule has 1 saturated heterocycles. The lowest BCUT2D eigenvalue weighted by Crippen LogP contribution is -2.46. The van der Waals surface area contributed by atoms with Crippen molar-refractivity contribution in [2.75, 3.05) is 38.0 Å². The zero-order chi connectivity index (χ0) is 13.8. The van der Waals surface area contributed by atoms with Crippen LogP contribution in [-0.2, 0) is 4.79 Å². The Morgan fingerprint density at radius 2 is 2.00 bits per heavy atom. The lowest BCUT2D eigenvalue weighted by atomic mass is 10.3. The van der Waals surface area contributed by atoms with Gasteiger partial charge in [-0.3, -0.25) is 9.69 Å². The number of amides is 1. The summed E-state index contributed by atoms with van der Waals surface area (Å²) in [7, 11) is 0. The summed E-state index contributed by atoms with van der Waals surface area (Å²) in [5.74, 6) is -1.62. The Morgan fingerprint density at radius 3 is 2.68 bits per heavy atom. The number of carbonyl (C=O) groups excluding carboxylic acids is 1. The summed E-state index contributed by atoms with van der Waals surface area (Å²) in [4.78, 5) is 13.7. The fraction of sp³-hybridized carbons (Fsp3) is 0.417. The van der Waals surface area contributed by atoms with E-state index in [0.29, 0.717) is 0 Å². The summed E-state index contributed by atoms with van der Waals surface area (Å²) in [6.45, 7) is 3.37. The van der Waals surface area contributed by atoms with Crippen LogP contribution in [0.3, 0.4) is 0 Å². The zero-order valence-corrected chi connectivity index (χ0v) is 11.8. The molecule has 0 aromatic heterocycles. The van der Waals surface area contributed by atoms with E-state index in [1.165, 1.54) is 0 Å². The van der Waals surface area contributed by atoms with Crippen LogP contribution in [0.2, 0.25) is 0 Å². The molecule has 1 aliphatic heterocycles. The summed E-state index contributed by atoms with van der Waals surface area (Å²) in [5.41, 5.74) is -0.138. The van der Waals surface area contributed by atoms with Crippen LogP contribution in [0.1, 0.15) is 0 Å². The van der Waals surface area contributed by atoms with Crippen LogP contribution in [0.4, 0.5) is 14.5 Å². The monoisotopic (exact) mass is 333 g/mol. The van der Waals surface area contributed by atoms with Gasteiger partial charge in [-0.1, -0.05) is 0 Å². The van der Waals surface area contributed by atoms with Gasteiger partial charge < -0.3 is 10.6 Å². The minimum Gasteiger partial charge on any atom is -0.322 e. The van der Waals surface area contributed by atoms with E-state index in [1.807, 2.05) is 4.90 Å². The van der Waals surface area contributed by atoms with E-state index in [9.17, 15) is 13.6 Å². The van der Waals surface area contributed by atoms with Crippen molar-refractivity contribution in [2.24, 2.45) is 0 Å². The van der Waals surface area contributed by atoms with Crippen molar-refractivity contribution in [1.82, 2.24) is 10.2 Å². The second-order valence-corrected chi connectivity index (χ2v) is 5.17. The van der Waals surface area contributed by atoms with Gasteiger partial charge in [-0.25, -0.2) is 8.78 Å². The van der Waals surface area contributed by atoms with E-state index in [4.69, 9.17) is 0 Å². The first-order valence-corrected chi connectivity index (χ1v) is 6.73. The molecule has 4 nitrogen and oxygen atoms in total. The molecule has 7 heteroatoms. The first-order valence-electron chi connectivity index (χ1n) is 5.94. The number of hydrogen-bond donors (Lipinski definition) is 2. The van der Waals surface area contributed by atoms with E-state index in [0.717, 1.165) is 38.3 Å². The number of carbonyl (C=O) groups is 1. The van der Waals surface area contributed by atoms with Crippen molar-refractivity contribution >= 4 is 27.5 Å². The number of nitrogens with zero attached hydrogens (tertiary/aromatic N) is 1. The topological polar surface area (TPSA) is 44.4 Å². The average Bonchev–Trinajstić information content (AvgIpc) is 2.37. The fourth-order valence-corrected chi connectivity index (χ4v) is 2.20. The van der Waals surface area contributed by atoms with E-state index in [-0.39, 0.29) is 22.6 Å². The molecule has 104 valence electrons. The Hall–Kier alpha value is -1.05. The van der Waals surface area contributed by atoms with Gasteiger partial charge in [-0.2, -0.15) is 0 Å². The van der Waals surface area contributed by atoms with Crippen LogP contribution in [0.5, 0.6) is 0 Å². The Kier molecular flexibility index (Phi) is 4.84. The van der Waals surface area contributed by atoms with E-state index < -0.39 is 11.6 Å². The largest absolute Gasteiger partial charge is 0.322 e. The van der Waals surface area contributed by atoms with Crippen molar-refractivity contribution in [3.63, 3.8) is 0 Å². The first-order chi connectivity index (χ1) is 9.06. The van der Waals surface area contributed by atoms with Gasteiger partial charge in [-0.05, 0) is 22.0 Å². The maximum atomic E-state index is 13.5. The highest BCUT2D eigenvalue weighted by Gasteiger charge is 2.15. The molecule has 0 unspecified atom stereocenters. The molecular weight excluding hydrogens is 320 g/mol. The molecule has 1 aliphatic rings. The Balaban J connectivity index is 1.96. The van der Waals surface area contributed by atoms with Gasteiger partial charge in [0, 0.05) is 32.2 Å². The quantitative estimate of drug-likeness (QED) is 0.825. The minimum atomic E-state index is -0.665. The minimum absolute atomic E-state index is 0.0325. The van der Waals surface area contributed by atoms with Gasteiger partial charge in [0.15, 0.2) is 0 Å². The van der Waals surface area contributed by atoms with Crippen LogP contribution in [0.15, 0.2) is 16.6 Å². The maximum Gasteiger partial charge on any atom is 0.238 e. The van der Waals surface area contributed by atoms with E-state index in [1.54, 1.807) is 0 Å². The highest BCUT2D eigenvalue weighted by atomic mass is 79.9. The highest BCUT2D eigenvalue weighted by Crippen LogP contribution is 2.23. The molecule has 0 saturated carbocycles. The Bertz CT molecular complexity index is 478. The molecule has 0 radical (unpaired) electrons. The highest BCUT2D eigenvalue weighted by molar-refractivity contribution is 9.10. The summed E-state index contributed by atoms with van der Waals surface area (Å²) in [6, 6.07) is 1.96. The lowest BCUT2D eigenvalue weighted by molar-refractivity contribution is -0.117. The molecule has 2 N–H and O–H groups in total. The standard InChI is InChI=1S/C12H14BrF2N3O/c13-8-5-10(15)11(6-9(8)14)17-12(19)7-18-3-1-16-2-4-18/h5-6,16H,1-4,7H2,(H,17,19). The molecule has 2 rings (SSSR count). The number of hydrogen-bond acceptors (Lipinski definition) is 3. The zero-order valence-electron chi connectivity index (χ0n) is 10.2. The number of halogens is 3. The molecule has 0 bridgehead atoms. The third-order valence-electron chi connectivity index (χ3n) is 2.86. The van der Waals surface area contributed by atoms with Gasteiger partial charge in [-0.15, -0.1) is 0 Å². The summed E-state index contributed by atoms with van der Waals surface area (Å²) >= 11 is 2.88. The van der Waals surface area contributed by atoms with Gasteiger partial charge in [0.2, 0.25) is 5.91 Å². The molecule has 0 spiro atoms. The number of nitrogens with one attached hydrogen (secondary N) is 2. The Labute approximate surface area is 118 Å². The maximum absolute atomic E-state index is 13.5. The molecular formula is C12H14BrF2N3O. The van der Waals surface area contributed by atoms with Crippen molar-refractivity contribution in [2.45, 2.75) is 0 Å². The van der Waals surface area contributed by atoms with E-state index in [2.05, 4.69) is 26.6 Å². The second kappa shape index (κ2) is 6.40. The predicted octanol–water partition coefficient (Wildman–Crippen LogP) is 1.57. The molecule has 1 aromatic carbocycles. The van der Waals surface area contributed by atoms with Crippen LogP contribution >= 0.6 is 15.9 Å². The average molecular weight is 334 g/mol. The van der Waals surface area contributed by atoms with Gasteiger partial charge >= 0.3 is 0 Å². The summed E-state index contributed by atoms with van der Waals surface area (Å²) in [6.07, 6.45) is 0. The smallest absolute Gasteiger partial charge is 0.238 e. The predicted molar refractivity (Wildman–Crippen MR) is 72.0 cm³/mol. The van der Waals surface area contributed by atoms with Gasteiger partial charge in [0.1, 0.15) is 11.6 Å². The molecule has 1 amide bonds. The molecule has 1 aromatic rings. The lowest BCUT2D eigenvalue weighted by Gasteiger charge is -2.26. The van der Waals surface area contributed by atoms with Crippen molar-refractivity contribution < 1.29 is 13.6 Å². The van der Waals surface area contributed by atoms with Crippen LogP contribution < -0.4 is 10.6 Å². The van der Waals surface area contributed by atoms with Crippen LogP contribution in [-0.4, -0.2) is 43.5 Å². The van der Waals surface area contributed by atoms with E-state index >= 15 is 0 Å². The second-order valence-electron chi connectivity index (χ2n) is 4.32. The van der Waals surface area contributed by atoms with Crippen molar-refractivity contribution in [3.05, 3.63) is 28.2 Å². The van der Waals surface area contributed by atoms with Crippen LogP contribution in [0.25, 0.3) is 0 Å². The number of anilines is 1. The number of rotatable bonds is 3. The summed E-state index contributed by atoms with van der Waals surface area (Å²) in [5, 5.41) is 5.56.